The van der Waals surface area contributed by atoms with Gasteiger partial charge in [0.25, 0.3) is 0 Å². The highest BCUT2D eigenvalue weighted by Crippen LogP contribution is 2.10. The highest BCUT2D eigenvalue weighted by atomic mass is 16.5. The van der Waals surface area contributed by atoms with Crippen LogP contribution in [-0.2, 0) is 16.0 Å². The zero-order chi connectivity index (χ0) is 13.4. The number of benzene rings is 1. The van der Waals surface area contributed by atoms with Crippen LogP contribution in [0.15, 0.2) is 42.5 Å². The summed E-state index contributed by atoms with van der Waals surface area (Å²) in [6.07, 6.45) is 3.93. The lowest BCUT2D eigenvalue weighted by atomic mass is 10.1. The Hall–Kier alpha value is -2.34. The molecule has 0 spiro atoms. The third-order valence-corrected chi connectivity index (χ3v) is 2.37. The van der Waals surface area contributed by atoms with Gasteiger partial charge in [-0.1, -0.05) is 43.8 Å². The summed E-state index contributed by atoms with van der Waals surface area (Å²) >= 11 is 0. The van der Waals surface area contributed by atoms with E-state index < -0.39 is 5.97 Å². The Morgan fingerprint density at radius 2 is 2.11 bits per heavy atom. The van der Waals surface area contributed by atoms with Gasteiger partial charge in [-0.3, -0.25) is 0 Å². The van der Waals surface area contributed by atoms with E-state index in [9.17, 15) is 4.79 Å². The molecule has 0 aromatic heterocycles. The van der Waals surface area contributed by atoms with Crippen LogP contribution in [0.25, 0.3) is 6.08 Å². The molecule has 0 amide bonds. The number of hydrogen-bond donors (Lipinski definition) is 0. The first-order valence-corrected chi connectivity index (χ1v) is 5.70. The summed E-state index contributed by atoms with van der Waals surface area (Å²) < 4.78 is 4.81. The number of rotatable bonds is 5. The van der Waals surface area contributed by atoms with Crippen LogP contribution < -0.4 is 0 Å². The zero-order valence-corrected chi connectivity index (χ0v) is 10.3. The molecule has 0 unspecified atom stereocenters. The normalized spacial score (nSPS) is 10.6. The summed E-state index contributed by atoms with van der Waals surface area (Å²) in [6, 6.07) is 9.52. The molecule has 1 rings (SSSR count). The molecule has 3 nitrogen and oxygen atoms in total. The van der Waals surface area contributed by atoms with Gasteiger partial charge in [0.15, 0.2) is 0 Å². The van der Waals surface area contributed by atoms with Crippen molar-refractivity contribution in [3.8, 4) is 6.07 Å². The Kier molecular flexibility index (Phi) is 5.40. The van der Waals surface area contributed by atoms with Gasteiger partial charge in [0.1, 0.15) is 18.2 Å². The van der Waals surface area contributed by atoms with Crippen LogP contribution in [0.5, 0.6) is 0 Å². The predicted octanol–water partition coefficient (Wildman–Crippen LogP) is 2.89. The maximum absolute atomic E-state index is 11.5. The lowest BCUT2D eigenvalue weighted by molar-refractivity contribution is -0.137. The molecule has 0 fully saturated rings. The third-order valence-electron chi connectivity index (χ3n) is 2.37. The number of nitriles is 1. The highest BCUT2D eigenvalue weighted by molar-refractivity contribution is 5.97. The monoisotopic (exact) mass is 241 g/mol. The van der Waals surface area contributed by atoms with Gasteiger partial charge >= 0.3 is 5.97 Å². The van der Waals surface area contributed by atoms with Crippen LogP contribution in [0.2, 0.25) is 0 Å². The van der Waals surface area contributed by atoms with E-state index in [1.807, 2.05) is 30.3 Å². The zero-order valence-electron chi connectivity index (χ0n) is 10.3. The van der Waals surface area contributed by atoms with Gasteiger partial charge in [0, 0.05) is 0 Å². The molecule has 18 heavy (non-hydrogen) atoms. The average molecular weight is 241 g/mol. The van der Waals surface area contributed by atoms with E-state index in [0.717, 1.165) is 12.0 Å². The molecule has 92 valence electrons. The van der Waals surface area contributed by atoms with Gasteiger partial charge < -0.3 is 4.74 Å². The van der Waals surface area contributed by atoms with Crippen molar-refractivity contribution in [2.45, 2.75) is 13.3 Å². The SMILES string of the molecule is C=CCOC(=O)/C(C#N)=C\c1ccc(CC)cc1. The fourth-order valence-corrected chi connectivity index (χ4v) is 1.37. The second-order valence-electron chi connectivity index (χ2n) is 3.65. The van der Waals surface area contributed by atoms with Crippen molar-refractivity contribution in [1.29, 1.82) is 5.26 Å². The fourth-order valence-electron chi connectivity index (χ4n) is 1.37. The molecule has 0 atom stereocenters. The number of ether oxygens (including phenoxy) is 1. The number of hydrogen-bond acceptors (Lipinski definition) is 3. The molecule has 0 heterocycles. The van der Waals surface area contributed by atoms with Crippen molar-refractivity contribution >= 4 is 12.0 Å². The van der Waals surface area contributed by atoms with Crippen LogP contribution >= 0.6 is 0 Å². The van der Waals surface area contributed by atoms with Crippen LogP contribution in [0, 0.1) is 11.3 Å². The number of nitrogens with zero attached hydrogens (tertiary/aromatic N) is 1. The Morgan fingerprint density at radius 1 is 1.44 bits per heavy atom. The summed E-state index contributed by atoms with van der Waals surface area (Å²) in [5, 5.41) is 8.91. The van der Waals surface area contributed by atoms with Gasteiger partial charge in [-0.05, 0) is 23.6 Å². The summed E-state index contributed by atoms with van der Waals surface area (Å²) in [6.45, 7) is 5.61. The standard InChI is InChI=1S/C15H15NO2/c1-3-9-18-15(17)14(11-16)10-13-7-5-12(4-2)6-8-13/h3,5-8,10H,1,4,9H2,2H3/b14-10-. The maximum Gasteiger partial charge on any atom is 0.349 e. The van der Waals surface area contributed by atoms with E-state index in [0.29, 0.717) is 0 Å². The van der Waals surface area contributed by atoms with Crippen LogP contribution in [0.3, 0.4) is 0 Å². The Labute approximate surface area is 107 Å². The smallest absolute Gasteiger partial charge is 0.349 e. The second kappa shape index (κ2) is 7.08. The van der Waals surface area contributed by atoms with Gasteiger partial charge in [-0.15, -0.1) is 0 Å². The van der Waals surface area contributed by atoms with Crippen molar-refractivity contribution in [3.05, 3.63) is 53.6 Å². The molecule has 3 heteroatoms. The molecule has 0 bridgehead atoms. The summed E-state index contributed by atoms with van der Waals surface area (Å²) in [5.74, 6) is -0.628. The number of carbonyl (C=O) groups excluding carboxylic acids is 1. The number of carbonyl (C=O) groups is 1. The topological polar surface area (TPSA) is 50.1 Å². The Bertz CT molecular complexity index is 492. The van der Waals surface area contributed by atoms with Crippen LogP contribution in [-0.4, -0.2) is 12.6 Å². The van der Waals surface area contributed by atoms with Crippen molar-refractivity contribution in [2.24, 2.45) is 0 Å². The predicted molar refractivity (Wildman–Crippen MR) is 70.6 cm³/mol. The van der Waals surface area contributed by atoms with Crippen molar-refractivity contribution in [3.63, 3.8) is 0 Å². The molecule has 0 radical (unpaired) electrons. The Balaban J connectivity index is 2.86. The maximum atomic E-state index is 11.5. The summed E-state index contributed by atoms with van der Waals surface area (Å²) in [7, 11) is 0. The second-order valence-corrected chi connectivity index (χ2v) is 3.65. The largest absolute Gasteiger partial charge is 0.457 e. The third kappa shape index (κ3) is 3.91. The molecule has 0 aliphatic carbocycles. The van der Waals surface area contributed by atoms with E-state index >= 15 is 0 Å². The summed E-state index contributed by atoms with van der Waals surface area (Å²) in [5.41, 5.74) is 2.00. The molecular weight excluding hydrogens is 226 g/mol. The van der Waals surface area contributed by atoms with Gasteiger partial charge in [-0.25, -0.2) is 4.79 Å². The van der Waals surface area contributed by atoms with E-state index in [1.54, 1.807) is 0 Å². The quantitative estimate of drug-likeness (QED) is 0.345. The minimum atomic E-state index is -0.628. The molecule has 0 saturated heterocycles. The van der Waals surface area contributed by atoms with E-state index in [1.165, 1.54) is 17.7 Å². The molecular formula is C15H15NO2. The van der Waals surface area contributed by atoms with Crippen molar-refractivity contribution < 1.29 is 9.53 Å². The van der Waals surface area contributed by atoms with Crippen molar-refractivity contribution in [2.75, 3.05) is 6.61 Å². The summed E-state index contributed by atoms with van der Waals surface area (Å²) in [4.78, 5) is 11.5. The molecule has 1 aromatic rings. The first-order valence-electron chi connectivity index (χ1n) is 5.70. The first kappa shape index (κ1) is 13.7. The Morgan fingerprint density at radius 3 is 2.61 bits per heavy atom. The van der Waals surface area contributed by atoms with Crippen LogP contribution in [0.4, 0.5) is 0 Å². The number of aryl methyl sites for hydroxylation is 1. The van der Waals surface area contributed by atoms with Gasteiger partial charge in [-0.2, -0.15) is 5.26 Å². The number of esters is 1. The van der Waals surface area contributed by atoms with Crippen LogP contribution in [0.1, 0.15) is 18.1 Å². The van der Waals surface area contributed by atoms with E-state index in [4.69, 9.17) is 10.00 Å². The first-order chi connectivity index (χ1) is 8.71. The molecule has 0 N–H and O–H groups in total. The van der Waals surface area contributed by atoms with Crippen molar-refractivity contribution in [1.82, 2.24) is 0 Å². The lowest BCUT2D eigenvalue weighted by Crippen LogP contribution is -2.06. The average Bonchev–Trinajstić information content (AvgIpc) is 2.42. The lowest BCUT2D eigenvalue weighted by Gasteiger charge is -2.01. The van der Waals surface area contributed by atoms with Gasteiger partial charge in [0.2, 0.25) is 0 Å². The molecule has 0 aliphatic rings. The highest BCUT2D eigenvalue weighted by Gasteiger charge is 2.09. The molecule has 0 aliphatic heterocycles. The molecule has 0 saturated carbocycles. The minimum Gasteiger partial charge on any atom is -0.457 e. The fraction of sp³-hybridized carbons (Fsp3) is 0.200. The van der Waals surface area contributed by atoms with Gasteiger partial charge in [0.05, 0.1) is 0 Å². The van der Waals surface area contributed by atoms with E-state index in [-0.39, 0.29) is 12.2 Å². The molecule has 1 aromatic carbocycles. The van der Waals surface area contributed by atoms with E-state index in [2.05, 4.69) is 13.5 Å². The minimum absolute atomic E-state index is 0.0129.